The molecule has 2 N–H and O–H groups in total. The van der Waals surface area contributed by atoms with E-state index in [4.69, 9.17) is 4.74 Å². The molecular weight excluding hydrogens is 282 g/mol. The number of methoxy groups -OCH3 is 1. The van der Waals surface area contributed by atoms with Gasteiger partial charge in [-0.3, -0.25) is 0 Å². The van der Waals surface area contributed by atoms with E-state index < -0.39 is 0 Å². The van der Waals surface area contributed by atoms with Crippen LogP contribution in [-0.2, 0) is 0 Å². The molecule has 114 valence electrons. The van der Waals surface area contributed by atoms with Crippen molar-refractivity contribution in [1.29, 1.82) is 0 Å². The lowest BCUT2D eigenvalue weighted by Gasteiger charge is -2.11. The molecule has 1 aliphatic carbocycles. The van der Waals surface area contributed by atoms with Gasteiger partial charge in [-0.1, -0.05) is 18.7 Å². The molecule has 1 saturated carbocycles. The lowest BCUT2D eigenvalue weighted by atomic mass is 10.2. The molecule has 2 atom stereocenters. The second-order valence-corrected chi connectivity index (χ2v) is 6.92. The third kappa shape index (κ3) is 3.52. The van der Waals surface area contributed by atoms with Gasteiger partial charge in [0.25, 0.3) is 0 Å². The summed E-state index contributed by atoms with van der Waals surface area (Å²) < 4.78 is 5.25. The van der Waals surface area contributed by atoms with Crippen molar-refractivity contribution < 1.29 is 4.74 Å². The lowest BCUT2D eigenvalue weighted by molar-refractivity contribution is 0.415. The van der Waals surface area contributed by atoms with E-state index in [-0.39, 0.29) is 0 Å². The second kappa shape index (κ2) is 6.71. The summed E-state index contributed by atoms with van der Waals surface area (Å²) in [6.45, 7) is 3.35. The Morgan fingerprint density at radius 3 is 3.14 bits per heavy atom. The summed E-state index contributed by atoms with van der Waals surface area (Å²) in [7, 11) is 1.69. The number of ether oxygens (including phenoxy) is 1. The molecule has 0 saturated heterocycles. The molecule has 5 heteroatoms. The summed E-state index contributed by atoms with van der Waals surface area (Å²) in [5.74, 6) is 0.868. The topological polar surface area (TPSA) is 49.9 Å². The summed E-state index contributed by atoms with van der Waals surface area (Å²) in [4.78, 5) is 8.08. The highest BCUT2D eigenvalue weighted by atomic mass is 32.2. The van der Waals surface area contributed by atoms with Gasteiger partial charge < -0.3 is 15.0 Å². The van der Waals surface area contributed by atoms with E-state index in [1.807, 2.05) is 30.0 Å². The molecular formula is C16H23N3OS. The van der Waals surface area contributed by atoms with Crippen LogP contribution in [0.3, 0.4) is 0 Å². The molecule has 1 aliphatic rings. The van der Waals surface area contributed by atoms with Crippen LogP contribution in [-0.4, -0.2) is 34.9 Å². The summed E-state index contributed by atoms with van der Waals surface area (Å²) in [6, 6.07) is 6.66. The first-order valence-corrected chi connectivity index (χ1v) is 8.60. The van der Waals surface area contributed by atoms with Crippen molar-refractivity contribution in [3.05, 3.63) is 18.2 Å². The first-order valence-electron chi connectivity index (χ1n) is 7.72. The molecule has 2 aromatic rings. The van der Waals surface area contributed by atoms with E-state index in [0.29, 0.717) is 11.3 Å². The molecule has 0 amide bonds. The quantitative estimate of drug-likeness (QED) is 0.856. The Balaban J connectivity index is 1.63. The highest BCUT2D eigenvalue weighted by Gasteiger charge is 2.25. The van der Waals surface area contributed by atoms with Crippen molar-refractivity contribution in [2.45, 2.75) is 49.1 Å². The Hall–Kier alpha value is -1.20. The zero-order valence-electron chi connectivity index (χ0n) is 12.7. The summed E-state index contributed by atoms with van der Waals surface area (Å²) in [6.07, 6.45) is 5.00. The normalized spacial score (nSPS) is 22.0. The van der Waals surface area contributed by atoms with Crippen LogP contribution in [0.2, 0.25) is 0 Å². The monoisotopic (exact) mass is 305 g/mol. The average Bonchev–Trinajstić information content (AvgIpc) is 3.10. The van der Waals surface area contributed by atoms with Gasteiger partial charge in [-0.15, -0.1) is 0 Å². The Labute approximate surface area is 130 Å². The second-order valence-electron chi connectivity index (χ2n) is 5.63. The van der Waals surface area contributed by atoms with Crippen LogP contribution < -0.4 is 10.1 Å². The van der Waals surface area contributed by atoms with Crippen molar-refractivity contribution >= 4 is 22.8 Å². The Morgan fingerprint density at radius 2 is 2.33 bits per heavy atom. The van der Waals surface area contributed by atoms with Gasteiger partial charge in [-0.2, -0.15) is 0 Å². The third-order valence-electron chi connectivity index (χ3n) is 4.01. The van der Waals surface area contributed by atoms with Gasteiger partial charge in [0.1, 0.15) is 5.75 Å². The van der Waals surface area contributed by atoms with Crippen LogP contribution in [0.15, 0.2) is 23.4 Å². The molecule has 1 heterocycles. The standard InChI is InChI=1S/C16H23N3OS/c1-3-8-17-11-4-6-13(9-11)21-16-18-14-7-5-12(20-2)10-15(14)19-16/h5,7,10-11,13,17H,3-4,6,8-9H2,1-2H3,(H,18,19). The molecule has 21 heavy (non-hydrogen) atoms. The maximum atomic E-state index is 5.25. The number of thioether (sulfide) groups is 1. The van der Waals surface area contributed by atoms with Crippen LogP contribution in [0.5, 0.6) is 5.75 Å². The minimum absolute atomic E-state index is 0.668. The van der Waals surface area contributed by atoms with Gasteiger partial charge in [0.2, 0.25) is 0 Å². The van der Waals surface area contributed by atoms with E-state index in [0.717, 1.165) is 28.5 Å². The van der Waals surface area contributed by atoms with E-state index in [9.17, 15) is 0 Å². The molecule has 2 unspecified atom stereocenters. The Kier molecular flexibility index (Phi) is 4.70. The van der Waals surface area contributed by atoms with E-state index in [1.54, 1.807) is 7.11 Å². The molecule has 4 nitrogen and oxygen atoms in total. The minimum Gasteiger partial charge on any atom is -0.497 e. The molecule has 0 aliphatic heterocycles. The number of fused-ring (bicyclic) bond motifs is 1. The van der Waals surface area contributed by atoms with Crippen LogP contribution in [0, 0.1) is 0 Å². The van der Waals surface area contributed by atoms with Gasteiger partial charge in [0.15, 0.2) is 5.16 Å². The van der Waals surface area contributed by atoms with Crippen molar-refractivity contribution in [1.82, 2.24) is 15.3 Å². The maximum absolute atomic E-state index is 5.25. The highest BCUT2D eigenvalue weighted by molar-refractivity contribution is 7.99. The van der Waals surface area contributed by atoms with Gasteiger partial charge in [-0.05, 0) is 44.4 Å². The fraction of sp³-hybridized carbons (Fsp3) is 0.562. The predicted octanol–water partition coefficient (Wildman–Crippen LogP) is 3.58. The highest BCUT2D eigenvalue weighted by Crippen LogP contribution is 2.34. The number of imidazole rings is 1. The number of hydrogen-bond donors (Lipinski definition) is 2. The largest absolute Gasteiger partial charge is 0.497 e. The van der Waals surface area contributed by atoms with E-state index in [2.05, 4.69) is 22.2 Å². The van der Waals surface area contributed by atoms with Crippen LogP contribution in [0.4, 0.5) is 0 Å². The van der Waals surface area contributed by atoms with Crippen LogP contribution in [0.25, 0.3) is 11.0 Å². The summed E-state index contributed by atoms with van der Waals surface area (Å²) >= 11 is 1.88. The zero-order valence-corrected chi connectivity index (χ0v) is 13.5. The average molecular weight is 305 g/mol. The van der Waals surface area contributed by atoms with Gasteiger partial charge in [-0.25, -0.2) is 4.98 Å². The molecule has 0 spiro atoms. The Bertz CT molecular complexity index is 598. The number of aromatic amines is 1. The van der Waals surface area contributed by atoms with Crippen LogP contribution >= 0.6 is 11.8 Å². The van der Waals surface area contributed by atoms with Gasteiger partial charge >= 0.3 is 0 Å². The first-order chi connectivity index (χ1) is 10.3. The summed E-state index contributed by atoms with van der Waals surface area (Å²) in [5, 5.41) is 5.32. The van der Waals surface area contributed by atoms with Crippen molar-refractivity contribution in [2.24, 2.45) is 0 Å². The molecule has 0 radical (unpaired) electrons. The molecule has 1 aromatic heterocycles. The summed E-state index contributed by atoms with van der Waals surface area (Å²) in [5.41, 5.74) is 2.06. The number of benzene rings is 1. The fourth-order valence-corrected chi connectivity index (χ4v) is 4.11. The number of nitrogens with zero attached hydrogens (tertiary/aromatic N) is 1. The van der Waals surface area contributed by atoms with Crippen molar-refractivity contribution in [3.8, 4) is 5.75 Å². The fourth-order valence-electron chi connectivity index (χ4n) is 2.89. The van der Waals surface area contributed by atoms with E-state index in [1.165, 1.54) is 25.7 Å². The first kappa shape index (κ1) is 14.7. The van der Waals surface area contributed by atoms with Gasteiger partial charge in [0, 0.05) is 17.4 Å². The van der Waals surface area contributed by atoms with E-state index >= 15 is 0 Å². The number of nitrogens with one attached hydrogen (secondary N) is 2. The molecule has 1 aromatic carbocycles. The maximum Gasteiger partial charge on any atom is 0.166 e. The smallest absolute Gasteiger partial charge is 0.166 e. The molecule has 0 bridgehead atoms. The SMILES string of the molecule is CCCNC1CCC(Sc2nc3ccc(OC)cc3[nH]2)C1. The molecule has 3 rings (SSSR count). The van der Waals surface area contributed by atoms with Crippen molar-refractivity contribution in [2.75, 3.05) is 13.7 Å². The number of aromatic nitrogens is 2. The Morgan fingerprint density at radius 1 is 1.43 bits per heavy atom. The zero-order chi connectivity index (χ0) is 14.7. The predicted molar refractivity (Wildman–Crippen MR) is 88.2 cm³/mol. The molecule has 1 fully saturated rings. The number of hydrogen-bond acceptors (Lipinski definition) is 4. The number of H-pyrrole nitrogens is 1. The minimum atomic E-state index is 0.668. The number of rotatable bonds is 6. The third-order valence-corrected chi connectivity index (χ3v) is 5.19. The van der Waals surface area contributed by atoms with Crippen LogP contribution in [0.1, 0.15) is 32.6 Å². The van der Waals surface area contributed by atoms with Gasteiger partial charge in [0.05, 0.1) is 18.1 Å². The lowest BCUT2D eigenvalue weighted by Crippen LogP contribution is -2.27. The van der Waals surface area contributed by atoms with Crippen molar-refractivity contribution in [3.63, 3.8) is 0 Å².